The summed E-state index contributed by atoms with van der Waals surface area (Å²) in [6, 6.07) is 22.7. The van der Waals surface area contributed by atoms with Crippen molar-refractivity contribution in [1.82, 2.24) is 19.3 Å². The van der Waals surface area contributed by atoms with Crippen molar-refractivity contribution in [1.29, 1.82) is 0 Å². The number of aliphatic carboxylic acids is 1. The average molecular weight is 701 g/mol. The molecule has 11 nitrogen and oxygen atoms in total. The van der Waals surface area contributed by atoms with E-state index < -0.39 is 22.2 Å². The van der Waals surface area contributed by atoms with E-state index in [2.05, 4.69) is 22.4 Å². The number of methoxy groups -OCH3 is 1. The van der Waals surface area contributed by atoms with Gasteiger partial charge < -0.3 is 18.8 Å². The lowest BCUT2D eigenvalue weighted by molar-refractivity contribution is -0.137. The fraction of sp³-hybridized carbons (Fsp3) is 0.306. The molecule has 9 bridgehead atoms. The molecule has 0 aliphatic carbocycles. The number of carbonyl (C=O) groups is 1. The Balaban J connectivity index is 1.30. The van der Waals surface area contributed by atoms with Gasteiger partial charge in [-0.05, 0) is 78.6 Å². The number of ether oxygens (including phenoxy) is 2. The summed E-state index contributed by atoms with van der Waals surface area (Å²) in [6.45, 7) is 3.02. The van der Waals surface area contributed by atoms with Crippen LogP contribution in [0.5, 0.6) is 17.2 Å². The Labute approximate surface area is 289 Å². The molecule has 0 spiro atoms. The van der Waals surface area contributed by atoms with Gasteiger partial charge in [0.15, 0.2) is 0 Å². The molecule has 0 saturated carbocycles. The molecule has 3 aliphatic heterocycles. The summed E-state index contributed by atoms with van der Waals surface area (Å²) >= 11 is 1.79. The van der Waals surface area contributed by atoms with Crippen LogP contribution in [-0.2, 0) is 41.3 Å². The minimum atomic E-state index is -4.15. The normalized spacial score (nSPS) is 19.1. The van der Waals surface area contributed by atoms with Crippen LogP contribution in [0.4, 0.5) is 0 Å². The summed E-state index contributed by atoms with van der Waals surface area (Å²) < 4.78 is 47.3. The number of aryl methyl sites for hydroxylation is 2. The quantitative estimate of drug-likeness (QED) is 0.224. The SMILES string of the molecule is COc1ccc2cc1CN1Cc3cc(ccc3OS1(=O)=O)OCc1ccccc1SCCCCn1nnc3c(C)c(ccc31)C2CC(=O)O. The molecular weight excluding hydrogens is 665 g/mol. The van der Waals surface area contributed by atoms with E-state index in [-0.39, 0.29) is 25.3 Å². The zero-order valence-electron chi connectivity index (χ0n) is 27.2. The highest BCUT2D eigenvalue weighted by molar-refractivity contribution is 7.99. The molecule has 2 atom stereocenters. The number of fused-ring (bicyclic) bond motifs is 6. The molecule has 254 valence electrons. The fourth-order valence-electron chi connectivity index (χ4n) is 6.53. The van der Waals surface area contributed by atoms with Crippen LogP contribution in [0.25, 0.3) is 11.0 Å². The Hall–Kier alpha value is -4.59. The Morgan fingerprint density at radius 1 is 1.02 bits per heavy atom. The third-order valence-corrected chi connectivity index (χ3v) is 11.6. The van der Waals surface area contributed by atoms with Crippen molar-refractivity contribution in [2.24, 2.45) is 0 Å². The van der Waals surface area contributed by atoms with Gasteiger partial charge >= 0.3 is 16.3 Å². The van der Waals surface area contributed by atoms with Gasteiger partial charge in [-0.25, -0.2) is 4.68 Å². The topological polar surface area (TPSA) is 133 Å². The molecule has 8 rings (SSSR count). The summed E-state index contributed by atoms with van der Waals surface area (Å²) in [4.78, 5) is 13.4. The lowest BCUT2D eigenvalue weighted by atomic mass is 9.85. The predicted molar refractivity (Wildman–Crippen MR) is 185 cm³/mol. The van der Waals surface area contributed by atoms with Gasteiger partial charge in [-0.2, -0.15) is 12.7 Å². The highest BCUT2D eigenvalue weighted by Crippen LogP contribution is 2.38. The Kier molecular flexibility index (Phi) is 9.23. The van der Waals surface area contributed by atoms with Gasteiger partial charge in [0.05, 0.1) is 19.0 Å². The van der Waals surface area contributed by atoms with Crippen LogP contribution in [0, 0.1) is 6.92 Å². The van der Waals surface area contributed by atoms with Crippen molar-refractivity contribution < 1.29 is 32.0 Å². The second-order valence-electron chi connectivity index (χ2n) is 12.2. The number of aromatic nitrogens is 3. The Morgan fingerprint density at radius 2 is 1.86 bits per heavy atom. The van der Waals surface area contributed by atoms with Crippen molar-refractivity contribution in [2.75, 3.05) is 12.9 Å². The third kappa shape index (κ3) is 6.83. The number of rotatable bonds is 3. The molecule has 0 fully saturated rings. The smallest absolute Gasteiger partial charge is 0.385 e. The first-order valence-electron chi connectivity index (χ1n) is 16.1. The van der Waals surface area contributed by atoms with E-state index in [9.17, 15) is 18.3 Å². The summed E-state index contributed by atoms with van der Waals surface area (Å²) in [5.41, 5.74) is 6.33. The van der Waals surface area contributed by atoms with E-state index in [4.69, 9.17) is 13.7 Å². The second-order valence-corrected chi connectivity index (χ2v) is 14.9. The van der Waals surface area contributed by atoms with Gasteiger partial charge in [-0.1, -0.05) is 41.6 Å². The molecule has 13 heteroatoms. The number of thioether (sulfide) groups is 1. The highest BCUT2D eigenvalue weighted by Gasteiger charge is 2.33. The van der Waals surface area contributed by atoms with E-state index >= 15 is 0 Å². The molecule has 0 radical (unpaired) electrons. The molecular formula is C36H36N4O7S2. The Morgan fingerprint density at radius 3 is 2.69 bits per heavy atom. The maximum absolute atomic E-state index is 13.4. The Bertz CT molecular complexity index is 2150. The predicted octanol–water partition coefficient (Wildman–Crippen LogP) is 6.46. The minimum Gasteiger partial charge on any atom is -0.496 e. The first-order valence-corrected chi connectivity index (χ1v) is 18.4. The maximum atomic E-state index is 13.4. The molecule has 0 amide bonds. The molecule has 0 saturated heterocycles. The van der Waals surface area contributed by atoms with Crippen LogP contribution in [0.15, 0.2) is 77.7 Å². The van der Waals surface area contributed by atoms with Crippen molar-refractivity contribution >= 4 is 39.1 Å². The first-order chi connectivity index (χ1) is 23.7. The number of nitrogens with zero attached hydrogens (tertiary/aromatic N) is 4. The zero-order chi connectivity index (χ0) is 34.1. The summed E-state index contributed by atoms with van der Waals surface area (Å²) in [5.74, 6) is 0.772. The van der Waals surface area contributed by atoms with Gasteiger partial charge in [-0.15, -0.1) is 16.9 Å². The number of carboxylic acids is 1. The summed E-state index contributed by atoms with van der Waals surface area (Å²) in [7, 11) is -2.63. The van der Waals surface area contributed by atoms with Crippen molar-refractivity contribution in [3.8, 4) is 17.2 Å². The second kappa shape index (κ2) is 13.7. The third-order valence-electron chi connectivity index (χ3n) is 9.07. The van der Waals surface area contributed by atoms with Crippen molar-refractivity contribution in [2.45, 2.75) is 63.2 Å². The number of benzene rings is 4. The van der Waals surface area contributed by atoms with Crippen LogP contribution in [-0.4, -0.2) is 51.7 Å². The van der Waals surface area contributed by atoms with Crippen LogP contribution in [0.3, 0.4) is 0 Å². The number of hydrogen-bond acceptors (Lipinski definition) is 9. The minimum absolute atomic E-state index is 0.0542. The van der Waals surface area contributed by atoms with Crippen molar-refractivity contribution in [3.05, 3.63) is 106 Å². The monoisotopic (exact) mass is 700 g/mol. The molecule has 4 aromatic carbocycles. The van der Waals surface area contributed by atoms with Gasteiger partial charge in [0.2, 0.25) is 0 Å². The number of hydrogen-bond donors (Lipinski definition) is 1. The largest absolute Gasteiger partial charge is 0.496 e. The summed E-state index contributed by atoms with van der Waals surface area (Å²) in [6.07, 6.45) is 1.72. The molecule has 1 N–H and O–H groups in total. The molecule has 49 heavy (non-hydrogen) atoms. The molecule has 4 heterocycles. The fourth-order valence-corrected chi connectivity index (χ4v) is 8.67. The van der Waals surface area contributed by atoms with Gasteiger partial charge in [-0.3, -0.25) is 4.79 Å². The van der Waals surface area contributed by atoms with E-state index in [1.807, 2.05) is 54.1 Å². The average Bonchev–Trinajstić information content (AvgIpc) is 3.50. The lowest BCUT2D eigenvalue weighted by Crippen LogP contribution is -2.37. The maximum Gasteiger partial charge on any atom is 0.385 e. The van der Waals surface area contributed by atoms with Gasteiger partial charge in [0.25, 0.3) is 0 Å². The van der Waals surface area contributed by atoms with Crippen LogP contribution in [0.2, 0.25) is 0 Å². The highest BCUT2D eigenvalue weighted by atomic mass is 32.2. The molecule has 3 aliphatic rings. The van der Waals surface area contributed by atoms with E-state index in [1.54, 1.807) is 30.0 Å². The van der Waals surface area contributed by atoms with Crippen LogP contribution < -0.4 is 13.7 Å². The standard InChI is InChI=1S/C36H36N4O7S2/c1-23-29-11-12-31-36(23)37-38-40(31)15-5-6-16-48-34-8-4-3-7-25(34)22-46-28-10-14-33-27(18-28)21-39(49(43,44)47-33)20-26-17-24(9-13-32(26)45-2)30(29)19-35(41)42/h3-4,7-14,17-18,30H,5-6,15-16,19-22H2,1-2H3,(H,41,42). The first kappa shape index (κ1) is 32.9. The van der Waals surface area contributed by atoms with Gasteiger partial charge in [0, 0.05) is 47.1 Å². The number of carboxylic acid groups (broad SMARTS) is 1. The van der Waals surface area contributed by atoms with E-state index in [1.165, 1.54) is 11.4 Å². The van der Waals surface area contributed by atoms with Crippen LogP contribution >= 0.6 is 11.8 Å². The molecule has 5 aromatic rings. The van der Waals surface area contributed by atoms with Crippen molar-refractivity contribution in [3.63, 3.8) is 0 Å². The van der Waals surface area contributed by atoms with E-state index in [0.29, 0.717) is 41.3 Å². The molecule has 2 unspecified atom stereocenters. The van der Waals surface area contributed by atoms with Gasteiger partial charge in [0.1, 0.15) is 29.4 Å². The van der Waals surface area contributed by atoms with E-state index in [0.717, 1.165) is 51.2 Å². The summed E-state index contributed by atoms with van der Waals surface area (Å²) in [5, 5.41) is 19.0. The molecule has 1 aromatic heterocycles. The lowest BCUT2D eigenvalue weighted by Gasteiger charge is -2.29. The van der Waals surface area contributed by atoms with Crippen LogP contribution in [0.1, 0.15) is 58.6 Å². The zero-order valence-corrected chi connectivity index (χ0v) is 28.8.